The van der Waals surface area contributed by atoms with Gasteiger partial charge in [0.25, 0.3) is 5.91 Å². The van der Waals surface area contributed by atoms with Gasteiger partial charge in [-0.1, -0.05) is 6.07 Å². The Labute approximate surface area is 149 Å². The lowest BCUT2D eigenvalue weighted by atomic mass is 10.0. The molecule has 0 bridgehead atoms. The fourth-order valence-corrected chi connectivity index (χ4v) is 2.73. The quantitative estimate of drug-likeness (QED) is 0.825. The summed E-state index contributed by atoms with van der Waals surface area (Å²) >= 11 is 0. The number of rotatable bonds is 4. The van der Waals surface area contributed by atoms with Crippen molar-refractivity contribution in [1.29, 1.82) is 0 Å². The summed E-state index contributed by atoms with van der Waals surface area (Å²) in [5.74, 6) is -0.762. The van der Waals surface area contributed by atoms with Gasteiger partial charge in [-0.05, 0) is 24.6 Å². The van der Waals surface area contributed by atoms with Crippen molar-refractivity contribution in [3.63, 3.8) is 0 Å². The number of likely N-dealkylation sites (N-methyl/N-ethyl adjacent to an activating group) is 1. The van der Waals surface area contributed by atoms with Gasteiger partial charge < -0.3 is 15.3 Å². The number of benzene rings is 1. The molecule has 0 aliphatic carbocycles. The minimum atomic E-state index is -4.53. The van der Waals surface area contributed by atoms with Gasteiger partial charge in [-0.25, -0.2) is 0 Å². The first-order chi connectivity index (χ1) is 12.1. The van der Waals surface area contributed by atoms with E-state index in [2.05, 4.69) is 5.32 Å². The van der Waals surface area contributed by atoms with E-state index < -0.39 is 29.8 Å². The monoisotopic (exact) mass is 373 g/mol. The molecular weight excluding hydrogens is 351 g/mol. The Morgan fingerprint density at radius 3 is 2.62 bits per heavy atom. The number of hydrogen-bond acceptors (Lipinski definition) is 4. The van der Waals surface area contributed by atoms with Crippen LogP contribution in [-0.2, 0) is 11.0 Å². The van der Waals surface area contributed by atoms with Gasteiger partial charge in [-0.3, -0.25) is 14.5 Å². The van der Waals surface area contributed by atoms with E-state index >= 15 is 0 Å². The van der Waals surface area contributed by atoms with Crippen LogP contribution < -0.4 is 5.32 Å². The number of carbonyl (C=O) groups excluding carboxylic acids is 2. The van der Waals surface area contributed by atoms with Crippen LogP contribution in [0.2, 0.25) is 0 Å². The van der Waals surface area contributed by atoms with Gasteiger partial charge in [0.2, 0.25) is 5.91 Å². The maximum atomic E-state index is 12.7. The lowest BCUT2D eigenvalue weighted by Crippen LogP contribution is -2.55. The number of hydrogen-bond donors (Lipinski definition) is 2. The summed E-state index contributed by atoms with van der Waals surface area (Å²) in [6.45, 7) is 0.857. The lowest BCUT2D eigenvalue weighted by Gasteiger charge is -2.36. The van der Waals surface area contributed by atoms with Crippen LogP contribution in [0.5, 0.6) is 0 Å². The number of likely N-dealkylation sites (tertiary alicyclic amines) is 1. The van der Waals surface area contributed by atoms with E-state index in [1.165, 1.54) is 17.0 Å². The molecule has 1 heterocycles. The third-order valence-corrected chi connectivity index (χ3v) is 4.29. The number of amides is 2. The molecule has 0 unspecified atom stereocenters. The van der Waals surface area contributed by atoms with Crippen LogP contribution in [0, 0.1) is 0 Å². The van der Waals surface area contributed by atoms with Crippen molar-refractivity contribution in [1.82, 2.24) is 15.1 Å². The predicted molar refractivity (Wildman–Crippen MR) is 88.5 cm³/mol. The summed E-state index contributed by atoms with van der Waals surface area (Å²) in [6.07, 6.45) is -5.04. The number of aliphatic hydroxyl groups is 1. The molecule has 1 aromatic carbocycles. The van der Waals surface area contributed by atoms with Gasteiger partial charge >= 0.3 is 6.18 Å². The number of carbonyl (C=O) groups is 2. The van der Waals surface area contributed by atoms with Crippen molar-refractivity contribution in [2.45, 2.75) is 24.7 Å². The van der Waals surface area contributed by atoms with Crippen LogP contribution >= 0.6 is 0 Å². The molecule has 144 valence electrons. The molecule has 2 N–H and O–H groups in total. The molecule has 0 radical (unpaired) electrons. The Morgan fingerprint density at radius 1 is 1.35 bits per heavy atom. The minimum absolute atomic E-state index is 0.0938. The van der Waals surface area contributed by atoms with Crippen molar-refractivity contribution in [2.75, 3.05) is 33.7 Å². The summed E-state index contributed by atoms with van der Waals surface area (Å²) in [6, 6.07) is 3.56. The number of β-amino-alcohol motifs (C(OH)–C–C–N with tert-alkyl or cyclic N) is 1. The molecule has 26 heavy (non-hydrogen) atoms. The van der Waals surface area contributed by atoms with Gasteiger partial charge in [-0.15, -0.1) is 0 Å². The summed E-state index contributed by atoms with van der Waals surface area (Å²) in [4.78, 5) is 27.2. The highest BCUT2D eigenvalue weighted by Gasteiger charge is 2.32. The molecule has 6 nitrogen and oxygen atoms in total. The predicted octanol–water partition coefficient (Wildman–Crippen LogP) is 0.959. The topological polar surface area (TPSA) is 72.9 Å². The van der Waals surface area contributed by atoms with Crippen LogP contribution in [0.15, 0.2) is 24.3 Å². The molecule has 1 aliphatic rings. The van der Waals surface area contributed by atoms with E-state index in [1.54, 1.807) is 19.0 Å². The number of aliphatic hydroxyl groups excluding tert-OH is 1. The molecule has 0 aromatic heterocycles. The standard InChI is InChI=1S/C17H22F3N3O3/c1-22(2)15(25)10-23-7-6-13(14(24)9-23)21-16(26)11-4-3-5-12(8-11)17(18,19)20/h3-5,8,13-14,24H,6-7,9-10H2,1-2H3,(H,21,26)/t13-,14-/m0/s1. The van der Waals surface area contributed by atoms with Crippen LogP contribution in [0.1, 0.15) is 22.3 Å². The number of nitrogens with zero attached hydrogens (tertiary/aromatic N) is 2. The molecule has 1 aliphatic heterocycles. The molecule has 0 spiro atoms. The van der Waals surface area contributed by atoms with Crippen molar-refractivity contribution in [3.05, 3.63) is 35.4 Å². The van der Waals surface area contributed by atoms with E-state index in [0.29, 0.717) is 13.0 Å². The second kappa shape index (κ2) is 8.05. The van der Waals surface area contributed by atoms with Crippen molar-refractivity contribution >= 4 is 11.8 Å². The molecule has 2 atom stereocenters. The first-order valence-electron chi connectivity index (χ1n) is 8.16. The van der Waals surface area contributed by atoms with Crippen LogP contribution in [0.4, 0.5) is 13.2 Å². The fourth-order valence-electron chi connectivity index (χ4n) is 2.73. The summed E-state index contributed by atoms with van der Waals surface area (Å²) < 4.78 is 38.2. The smallest absolute Gasteiger partial charge is 0.390 e. The summed E-state index contributed by atoms with van der Waals surface area (Å²) in [7, 11) is 3.28. The van der Waals surface area contributed by atoms with Gasteiger partial charge in [0.15, 0.2) is 0 Å². The number of halogens is 3. The van der Waals surface area contributed by atoms with E-state index in [4.69, 9.17) is 0 Å². The van der Waals surface area contributed by atoms with E-state index in [-0.39, 0.29) is 24.6 Å². The molecule has 1 saturated heterocycles. The summed E-state index contributed by atoms with van der Waals surface area (Å²) in [5, 5.41) is 12.8. The van der Waals surface area contributed by atoms with E-state index in [9.17, 15) is 27.9 Å². The second-order valence-corrected chi connectivity index (χ2v) is 6.54. The maximum absolute atomic E-state index is 12.7. The van der Waals surface area contributed by atoms with E-state index in [1.807, 2.05) is 0 Å². The molecule has 2 rings (SSSR count). The number of alkyl halides is 3. The second-order valence-electron chi connectivity index (χ2n) is 6.54. The third kappa shape index (κ3) is 5.18. The maximum Gasteiger partial charge on any atom is 0.416 e. The first kappa shape index (κ1) is 20.2. The first-order valence-corrected chi connectivity index (χ1v) is 8.16. The highest BCUT2D eigenvalue weighted by atomic mass is 19.4. The zero-order valence-corrected chi connectivity index (χ0v) is 14.6. The fraction of sp³-hybridized carbons (Fsp3) is 0.529. The Hall–Kier alpha value is -2.13. The Morgan fingerprint density at radius 2 is 2.04 bits per heavy atom. The van der Waals surface area contributed by atoms with Gasteiger partial charge in [0.05, 0.1) is 24.3 Å². The van der Waals surface area contributed by atoms with Gasteiger partial charge in [-0.2, -0.15) is 13.2 Å². The molecule has 0 saturated carbocycles. The zero-order chi connectivity index (χ0) is 19.5. The van der Waals surface area contributed by atoms with Gasteiger partial charge in [0.1, 0.15) is 0 Å². The van der Waals surface area contributed by atoms with Crippen LogP contribution in [0.25, 0.3) is 0 Å². The zero-order valence-electron chi connectivity index (χ0n) is 14.6. The number of nitrogens with one attached hydrogen (secondary N) is 1. The average molecular weight is 373 g/mol. The van der Waals surface area contributed by atoms with Crippen LogP contribution in [-0.4, -0.2) is 72.6 Å². The Balaban J connectivity index is 1.95. The highest BCUT2D eigenvalue weighted by molar-refractivity contribution is 5.94. The largest absolute Gasteiger partial charge is 0.416 e. The van der Waals surface area contributed by atoms with E-state index in [0.717, 1.165) is 12.1 Å². The van der Waals surface area contributed by atoms with Crippen molar-refractivity contribution < 1.29 is 27.9 Å². The molecular formula is C17H22F3N3O3. The molecule has 2 amide bonds. The van der Waals surface area contributed by atoms with Crippen LogP contribution in [0.3, 0.4) is 0 Å². The molecule has 1 aromatic rings. The third-order valence-electron chi connectivity index (χ3n) is 4.29. The van der Waals surface area contributed by atoms with Crippen molar-refractivity contribution in [3.8, 4) is 0 Å². The van der Waals surface area contributed by atoms with Gasteiger partial charge in [0, 0.05) is 32.7 Å². The SMILES string of the molecule is CN(C)C(=O)CN1CC[C@H](NC(=O)c2cccc(C(F)(F)F)c2)[C@@H](O)C1. The Kier molecular flexibility index (Phi) is 6.25. The highest BCUT2D eigenvalue weighted by Crippen LogP contribution is 2.29. The normalized spacial score (nSPS) is 21.3. The average Bonchev–Trinajstić information content (AvgIpc) is 2.56. The minimum Gasteiger partial charge on any atom is -0.390 e. The Bertz CT molecular complexity index is 664. The lowest BCUT2D eigenvalue weighted by molar-refractivity contribution is -0.137. The molecule has 9 heteroatoms. The number of piperidine rings is 1. The molecule has 1 fully saturated rings. The summed E-state index contributed by atoms with van der Waals surface area (Å²) in [5.41, 5.74) is -1.01. The van der Waals surface area contributed by atoms with Crippen molar-refractivity contribution in [2.24, 2.45) is 0 Å².